The number of aromatic amines is 1. The molecule has 2 N–H and O–H groups in total. The lowest BCUT2D eigenvalue weighted by atomic mass is 10.2. The Morgan fingerprint density at radius 2 is 2.07 bits per heavy atom. The maximum Gasteiger partial charge on any atom is 0.307 e. The van der Waals surface area contributed by atoms with Gasteiger partial charge in [-0.05, 0) is 31.9 Å². The van der Waals surface area contributed by atoms with Crippen molar-refractivity contribution in [3.63, 3.8) is 0 Å². The molecule has 1 saturated carbocycles. The van der Waals surface area contributed by atoms with E-state index in [2.05, 4.69) is 20.4 Å². The summed E-state index contributed by atoms with van der Waals surface area (Å²) in [5.74, 6) is -0.462. The Balaban J connectivity index is 1.44. The van der Waals surface area contributed by atoms with Crippen LogP contribution in [-0.2, 0) is 20.7 Å². The average Bonchev–Trinajstić information content (AvgIpc) is 3.42. The topological polar surface area (TPSA) is 119 Å². The highest BCUT2D eigenvalue weighted by atomic mass is 16.5. The predicted molar refractivity (Wildman–Crippen MR) is 105 cm³/mol. The molecule has 0 spiro atoms. The molecule has 1 fully saturated rings. The highest BCUT2D eigenvalue weighted by Gasteiger charge is 2.27. The van der Waals surface area contributed by atoms with Crippen molar-refractivity contribution in [2.24, 2.45) is 0 Å². The summed E-state index contributed by atoms with van der Waals surface area (Å²) in [4.78, 5) is 43.4. The number of hydrogen-bond acceptors (Lipinski definition) is 6. The van der Waals surface area contributed by atoms with Gasteiger partial charge in [0.05, 0.1) is 18.3 Å². The van der Waals surface area contributed by atoms with Crippen molar-refractivity contribution in [1.82, 2.24) is 25.1 Å². The zero-order valence-electron chi connectivity index (χ0n) is 15.9. The molecule has 3 aromatic rings. The quantitative estimate of drug-likeness (QED) is 0.581. The molecule has 9 heteroatoms. The molecule has 0 saturated heterocycles. The van der Waals surface area contributed by atoms with Gasteiger partial charge in [-0.3, -0.25) is 14.4 Å². The molecular formula is C20H21N5O4. The van der Waals surface area contributed by atoms with Gasteiger partial charge in [-0.1, -0.05) is 18.2 Å². The normalized spacial score (nSPS) is 14.5. The lowest BCUT2D eigenvalue weighted by Crippen LogP contribution is -2.37. The average molecular weight is 395 g/mol. The van der Waals surface area contributed by atoms with E-state index < -0.39 is 12.1 Å². The van der Waals surface area contributed by atoms with Crippen LogP contribution >= 0.6 is 0 Å². The molecule has 1 amide bonds. The van der Waals surface area contributed by atoms with Crippen molar-refractivity contribution in [3.8, 4) is 5.69 Å². The molecule has 4 rings (SSSR count). The molecule has 1 aromatic carbocycles. The zero-order chi connectivity index (χ0) is 20.4. The summed E-state index contributed by atoms with van der Waals surface area (Å²) >= 11 is 0. The van der Waals surface area contributed by atoms with Crippen LogP contribution in [-0.4, -0.2) is 43.8 Å². The molecule has 9 nitrogen and oxygen atoms in total. The lowest BCUT2D eigenvalue weighted by molar-refractivity contribution is -0.154. The number of H-pyrrole nitrogens is 1. The van der Waals surface area contributed by atoms with E-state index in [0.29, 0.717) is 16.9 Å². The van der Waals surface area contributed by atoms with Crippen LogP contribution < -0.4 is 10.9 Å². The third kappa shape index (κ3) is 4.34. The van der Waals surface area contributed by atoms with Crippen molar-refractivity contribution in [1.29, 1.82) is 0 Å². The van der Waals surface area contributed by atoms with Gasteiger partial charge in [-0.2, -0.15) is 5.10 Å². The molecule has 1 aliphatic rings. The van der Waals surface area contributed by atoms with Gasteiger partial charge in [-0.15, -0.1) is 0 Å². The van der Waals surface area contributed by atoms with Crippen molar-refractivity contribution >= 4 is 22.9 Å². The molecule has 1 aliphatic carbocycles. The number of esters is 1. The van der Waals surface area contributed by atoms with E-state index in [1.807, 2.05) is 30.3 Å². The first-order valence-corrected chi connectivity index (χ1v) is 9.53. The smallest absolute Gasteiger partial charge is 0.307 e. The fourth-order valence-corrected chi connectivity index (χ4v) is 2.92. The lowest BCUT2D eigenvalue weighted by Gasteiger charge is -2.13. The molecule has 29 heavy (non-hydrogen) atoms. The van der Waals surface area contributed by atoms with E-state index in [1.54, 1.807) is 11.6 Å². The molecule has 0 unspecified atom stereocenters. The van der Waals surface area contributed by atoms with E-state index >= 15 is 0 Å². The van der Waals surface area contributed by atoms with Gasteiger partial charge in [0.15, 0.2) is 11.8 Å². The zero-order valence-corrected chi connectivity index (χ0v) is 15.9. The second-order valence-corrected chi connectivity index (χ2v) is 7.06. The van der Waals surface area contributed by atoms with Crippen LogP contribution in [0.1, 0.15) is 32.0 Å². The van der Waals surface area contributed by atoms with Gasteiger partial charge >= 0.3 is 5.97 Å². The van der Waals surface area contributed by atoms with Crippen LogP contribution in [0, 0.1) is 0 Å². The Morgan fingerprint density at radius 3 is 2.79 bits per heavy atom. The third-order valence-corrected chi connectivity index (χ3v) is 4.66. The van der Waals surface area contributed by atoms with Crippen LogP contribution in [0.3, 0.4) is 0 Å². The number of rotatable bonds is 7. The first-order chi connectivity index (χ1) is 14.0. The number of para-hydroxylation sites is 1. The number of nitrogens with zero attached hydrogens (tertiary/aromatic N) is 3. The minimum atomic E-state index is -0.850. The summed E-state index contributed by atoms with van der Waals surface area (Å²) in [6, 6.07) is 9.55. The Kier molecular flexibility index (Phi) is 5.11. The largest absolute Gasteiger partial charge is 0.453 e. The molecule has 0 radical (unpaired) electrons. The van der Waals surface area contributed by atoms with Crippen LogP contribution in [0.15, 0.2) is 41.3 Å². The van der Waals surface area contributed by atoms with Crippen LogP contribution in [0.25, 0.3) is 16.7 Å². The van der Waals surface area contributed by atoms with Gasteiger partial charge < -0.3 is 15.0 Å². The summed E-state index contributed by atoms with van der Waals surface area (Å²) in [5, 5.41) is 7.41. The molecule has 2 heterocycles. The summed E-state index contributed by atoms with van der Waals surface area (Å²) in [6.45, 7) is 1.54. The maximum atomic E-state index is 12.3. The fraction of sp³-hybridized carbons (Fsp3) is 0.350. The Labute approximate surface area is 166 Å². The first-order valence-electron chi connectivity index (χ1n) is 9.53. The molecule has 0 aliphatic heterocycles. The van der Waals surface area contributed by atoms with E-state index in [0.717, 1.165) is 18.5 Å². The number of carbonyl (C=O) groups excluding carboxylic acids is 2. The maximum absolute atomic E-state index is 12.3. The first kappa shape index (κ1) is 18.9. The Hall–Kier alpha value is -3.49. The van der Waals surface area contributed by atoms with Gasteiger partial charge in [0.2, 0.25) is 0 Å². The second kappa shape index (κ2) is 7.86. The monoisotopic (exact) mass is 395 g/mol. The third-order valence-electron chi connectivity index (χ3n) is 4.66. The van der Waals surface area contributed by atoms with Crippen molar-refractivity contribution < 1.29 is 14.3 Å². The van der Waals surface area contributed by atoms with E-state index in [4.69, 9.17) is 4.74 Å². The Morgan fingerprint density at radius 1 is 1.31 bits per heavy atom. The molecule has 1 atom stereocenters. The van der Waals surface area contributed by atoms with Crippen LogP contribution in [0.4, 0.5) is 0 Å². The fourth-order valence-electron chi connectivity index (χ4n) is 2.92. The Bertz CT molecular complexity index is 1100. The number of nitrogens with one attached hydrogen (secondary N) is 2. The number of amides is 1. The SMILES string of the molecule is C[C@H](OC(=O)CCc1nc2c(cnn2-c2ccccc2)c(=O)[nH]1)C(=O)NC1CC1. The second-order valence-electron chi connectivity index (χ2n) is 7.06. The standard InChI is InChI=1S/C20H21N5O4/c1-12(19(27)22-13-7-8-13)29-17(26)10-9-16-23-18-15(20(28)24-16)11-21-25(18)14-5-3-2-4-6-14/h2-6,11-13H,7-10H2,1H3,(H,22,27)(H,23,24,28)/t12-/m0/s1. The van der Waals surface area contributed by atoms with Gasteiger partial charge in [0.1, 0.15) is 11.2 Å². The minimum Gasteiger partial charge on any atom is -0.453 e. The summed E-state index contributed by atoms with van der Waals surface area (Å²) in [7, 11) is 0. The number of aromatic nitrogens is 4. The van der Waals surface area contributed by atoms with E-state index in [-0.39, 0.29) is 30.3 Å². The summed E-state index contributed by atoms with van der Waals surface area (Å²) in [6.07, 6.45) is 2.72. The van der Waals surface area contributed by atoms with Gasteiger partial charge in [0, 0.05) is 12.5 Å². The number of benzene rings is 1. The van der Waals surface area contributed by atoms with Crippen LogP contribution in [0.2, 0.25) is 0 Å². The minimum absolute atomic E-state index is 0.00499. The molecule has 2 aromatic heterocycles. The van der Waals surface area contributed by atoms with Crippen molar-refractivity contribution in [3.05, 3.63) is 52.7 Å². The summed E-state index contributed by atoms with van der Waals surface area (Å²) in [5.41, 5.74) is 0.875. The molecule has 150 valence electrons. The van der Waals surface area contributed by atoms with E-state index in [1.165, 1.54) is 6.20 Å². The highest BCUT2D eigenvalue weighted by Crippen LogP contribution is 2.19. The number of hydrogen-bond donors (Lipinski definition) is 2. The number of ether oxygens (including phenoxy) is 1. The summed E-state index contributed by atoms with van der Waals surface area (Å²) < 4.78 is 6.75. The van der Waals surface area contributed by atoms with Crippen molar-refractivity contribution in [2.75, 3.05) is 0 Å². The van der Waals surface area contributed by atoms with Crippen molar-refractivity contribution in [2.45, 2.75) is 44.8 Å². The highest BCUT2D eigenvalue weighted by molar-refractivity contribution is 5.83. The molecular weight excluding hydrogens is 374 g/mol. The number of fused-ring (bicyclic) bond motifs is 1. The molecule has 0 bridgehead atoms. The number of aryl methyl sites for hydroxylation is 1. The number of carbonyl (C=O) groups is 2. The predicted octanol–water partition coefficient (Wildman–Crippen LogP) is 1.25. The van der Waals surface area contributed by atoms with Gasteiger partial charge in [-0.25, -0.2) is 9.67 Å². The van der Waals surface area contributed by atoms with Gasteiger partial charge in [0.25, 0.3) is 11.5 Å². The van der Waals surface area contributed by atoms with E-state index in [9.17, 15) is 14.4 Å². The van der Waals surface area contributed by atoms with Crippen LogP contribution in [0.5, 0.6) is 0 Å².